The van der Waals surface area contributed by atoms with E-state index in [0.717, 1.165) is 22.4 Å². The van der Waals surface area contributed by atoms with Gasteiger partial charge in [-0.3, -0.25) is 4.79 Å². The maximum absolute atomic E-state index is 13.4. The Kier molecular flexibility index (Phi) is 8.90. The lowest BCUT2D eigenvalue weighted by Crippen LogP contribution is -2.27. The minimum absolute atomic E-state index is 0. The van der Waals surface area contributed by atoms with Crippen LogP contribution in [-0.4, -0.2) is 38.6 Å². The summed E-state index contributed by atoms with van der Waals surface area (Å²) in [5.41, 5.74) is 2.77. The third-order valence-electron chi connectivity index (χ3n) is 4.78. The minimum atomic E-state index is -0.472. The van der Waals surface area contributed by atoms with E-state index in [1.807, 2.05) is 104 Å². The first-order valence-electron chi connectivity index (χ1n) is 9.67. The molecule has 158 valence electrons. The van der Waals surface area contributed by atoms with E-state index in [1.54, 1.807) is 7.11 Å². The Bertz CT molecular complexity index is 859. The molecule has 0 fully saturated rings. The summed E-state index contributed by atoms with van der Waals surface area (Å²) in [6.45, 7) is 0.592. The number of benzene rings is 3. The molecule has 0 aliphatic carbocycles. The summed E-state index contributed by atoms with van der Waals surface area (Å²) in [6.07, 6.45) is -0.377. The van der Waals surface area contributed by atoms with Crippen molar-refractivity contribution in [3.63, 3.8) is 0 Å². The monoisotopic (exact) mass is 425 g/mol. The Morgan fingerprint density at radius 3 is 1.73 bits per heavy atom. The fourth-order valence-corrected chi connectivity index (χ4v) is 3.32. The normalized spacial score (nSPS) is 11.6. The van der Waals surface area contributed by atoms with Crippen molar-refractivity contribution in [1.29, 1.82) is 0 Å². The van der Waals surface area contributed by atoms with Gasteiger partial charge in [0.05, 0.1) is 7.11 Å². The van der Waals surface area contributed by atoms with Gasteiger partial charge in [0.2, 0.25) is 0 Å². The second kappa shape index (κ2) is 11.4. The number of likely N-dealkylation sites (N-methyl/N-ethyl adjacent to an activating group) is 1. The van der Waals surface area contributed by atoms with Gasteiger partial charge < -0.3 is 14.4 Å². The summed E-state index contributed by atoms with van der Waals surface area (Å²) in [6, 6.07) is 27.2. The van der Waals surface area contributed by atoms with Crippen LogP contribution < -0.4 is 4.74 Å². The van der Waals surface area contributed by atoms with Crippen LogP contribution in [-0.2, 0) is 9.53 Å². The fourth-order valence-electron chi connectivity index (χ4n) is 3.32. The fraction of sp³-hybridized carbons (Fsp3) is 0.240. The van der Waals surface area contributed by atoms with Gasteiger partial charge in [0.15, 0.2) is 0 Å². The van der Waals surface area contributed by atoms with Crippen LogP contribution in [0.15, 0.2) is 84.9 Å². The number of nitrogens with zero attached hydrogens (tertiary/aromatic N) is 1. The molecule has 0 aromatic heterocycles. The SMILES string of the molecule is COc1ccc(C(CN(C)C)OC(=O)C(c2ccccc2)c2ccccc2)cc1.Cl. The number of carbonyl (C=O) groups excluding carboxylic acids is 1. The zero-order chi connectivity index (χ0) is 20.6. The first kappa shape index (κ1) is 23.5. The van der Waals surface area contributed by atoms with Gasteiger partial charge in [-0.15, -0.1) is 12.4 Å². The zero-order valence-electron chi connectivity index (χ0n) is 17.5. The summed E-state index contributed by atoms with van der Waals surface area (Å²) in [5.74, 6) is 0.0421. The summed E-state index contributed by atoms with van der Waals surface area (Å²) < 4.78 is 11.3. The molecule has 0 bridgehead atoms. The Hall–Kier alpha value is -2.82. The lowest BCUT2D eigenvalue weighted by atomic mass is 9.91. The van der Waals surface area contributed by atoms with Crippen LogP contribution in [0.4, 0.5) is 0 Å². The van der Waals surface area contributed by atoms with Crippen LogP contribution in [0, 0.1) is 0 Å². The minimum Gasteiger partial charge on any atom is -0.497 e. The predicted molar refractivity (Wildman–Crippen MR) is 122 cm³/mol. The van der Waals surface area contributed by atoms with E-state index in [4.69, 9.17) is 9.47 Å². The maximum atomic E-state index is 13.4. The molecule has 0 saturated carbocycles. The van der Waals surface area contributed by atoms with E-state index < -0.39 is 5.92 Å². The molecule has 0 saturated heterocycles. The molecule has 0 N–H and O–H groups in total. The molecule has 0 spiro atoms. The van der Waals surface area contributed by atoms with Crippen molar-refractivity contribution in [2.75, 3.05) is 27.7 Å². The largest absolute Gasteiger partial charge is 0.497 e. The molecule has 3 rings (SSSR count). The van der Waals surface area contributed by atoms with Gasteiger partial charge in [0, 0.05) is 6.54 Å². The van der Waals surface area contributed by atoms with Crippen LogP contribution in [0.5, 0.6) is 5.75 Å². The highest BCUT2D eigenvalue weighted by Crippen LogP contribution is 2.29. The van der Waals surface area contributed by atoms with Crippen LogP contribution >= 0.6 is 12.4 Å². The number of ether oxygens (including phenoxy) is 2. The molecule has 3 aromatic rings. The second-order valence-electron chi connectivity index (χ2n) is 7.22. The Labute approximate surface area is 184 Å². The first-order valence-corrected chi connectivity index (χ1v) is 9.67. The molecule has 0 amide bonds. The van der Waals surface area contributed by atoms with E-state index in [1.165, 1.54) is 0 Å². The maximum Gasteiger partial charge on any atom is 0.318 e. The molecule has 0 radical (unpaired) electrons. The number of hydrogen-bond donors (Lipinski definition) is 0. The highest BCUT2D eigenvalue weighted by molar-refractivity contribution is 5.85. The summed E-state index contributed by atoms with van der Waals surface area (Å²) in [7, 11) is 5.57. The summed E-state index contributed by atoms with van der Waals surface area (Å²) >= 11 is 0. The van der Waals surface area contributed by atoms with Gasteiger partial charge in [-0.2, -0.15) is 0 Å². The van der Waals surface area contributed by atoms with E-state index in [0.29, 0.717) is 6.54 Å². The van der Waals surface area contributed by atoms with E-state index >= 15 is 0 Å². The quantitative estimate of drug-likeness (QED) is 0.471. The Balaban J connectivity index is 0.00000320. The molecule has 1 unspecified atom stereocenters. The molecule has 30 heavy (non-hydrogen) atoms. The number of carbonyl (C=O) groups is 1. The number of methoxy groups -OCH3 is 1. The van der Waals surface area contributed by atoms with Gasteiger partial charge >= 0.3 is 5.97 Å². The zero-order valence-corrected chi connectivity index (χ0v) is 18.3. The van der Waals surface area contributed by atoms with Crippen molar-refractivity contribution >= 4 is 18.4 Å². The van der Waals surface area contributed by atoms with Gasteiger partial charge in [-0.25, -0.2) is 0 Å². The lowest BCUT2D eigenvalue weighted by molar-refractivity contribution is -0.151. The summed E-state index contributed by atoms with van der Waals surface area (Å²) in [5, 5.41) is 0. The molecule has 5 heteroatoms. The van der Waals surface area contributed by atoms with Crippen molar-refractivity contribution in [2.45, 2.75) is 12.0 Å². The molecule has 0 heterocycles. The molecular weight excluding hydrogens is 398 g/mol. The molecule has 3 aromatic carbocycles. The van der Waals surface area contributed by atoms with E-state index in [-0.39, 0.29) is 24.5 Å². The average molecular weight is 426 g/mol. The van der Waals surface area contributed by atoms with Crippen molar-refractivity contribution in [2.24, 2.45) is 0 Å². The molecule has 0 aliphatic rings. The lowest BCUT2D eigenvalue weighted by Gasteiger charge is -2.25. The Morgan fingerprint density at radius 2 is 1.30 bits per heavy atom. The van der Waals surface area contributed by atoms with Gasteiger partial charge in [0.25, 0.3) is 0 Å². The highest BCUT2D eigenvalue weighted by atomic mass is 35.5. The highest BCUT2D eigenvalue weighted by Gasteiger charge is 2.27. The number of halogens is 1. The topological polar surface area (TPSA) is 38.8 Å². The molecule has 1 atom stereocenters. The molecule has 4 nitrogen and oxygen atoms in total. The van der Waals surface area contributed by atoms with Gasteiger partial charge in [-0.05, 0) is 42.9 Å². The number of esters is 1. The van der Waals surface area contributed by atoms with Crippen LogP contribution in [0.1, 0.15) is 28.7 Å². The van der Waals surface area contributed by atoms with Crippen molar-refractivity contribution in [3.05, 3.63) is 102 Å². The smallest absolute Gasteiger partial charge is 0.318 e. The second-order valence-corrected chi connectivity index (χ2v) is 7.22. The predicted octanol–water partition coefficient (Wildman–Crippen LogP) is 5.10. The average Bonchev–Trinajstić information content (AvgIpc) is 2.75. The third-order valence-corrected chi connectivity index (χ3v) is 4.78. The van der Waals surface area contributed by atoms with Crippen molar-refractivity contribution in [3.8, 4) is 5.75 Å². The van der Waals surface area contributed by atoms with Crippen molar-refractivity contribution in [1.82, 2.24) is 4.90 Å². The van der Waals surface area contributed by atoms with Crippen LogP contribution in [0.2, 0.25) is 0 Å². The Morgan fingerprint density at radius 1 is 0.800 bits per heavy atom. The third kappa shape index (κ3) is 6.09. The standard InChI is InChI=1S/C25H27NO3.ClH/c1-26(2)18-23(19-14-16-22(28-3)17-15-19)29-25(27)24(20-10-6-4-7-11-20)21-12-8-5-9-13-21;/h4-17,23-24H,18H2,1-3H3;1H. The van der Waals surface area contributed by atoms with Crippen LogP contribution in [0.3, 0.4) is 0 Å². The number of hydrogen-bond acceptors (Lipinski definition) is 4. The van der Waals surface area contributed by atoms with E-state index in [9.17, 15) is 4.79 Å². The van der Waals surface area contributed by atoms with E-state index in [2.05, 4.69) is 0 Å². The number of rotatable bonds is 8. The first-order chi connectivity index (χ1) is 14.1. The van der Waals surface area contributed by atoms with Gasteiger partial charge in [0.1, 0.15) is 17.8 Å². The summed E-state index contributed by atoms with van der Waals surface area (Å²) in [4.78, 5) is 15.4. The van der Waals surface area contributed by atoms with Crippen molar-refractivity contribution < 1.29 is 14.3 Å². The molecular formula is C25H28ClNO3. The van der Waals surface area contributed by atoms with Gasteiger partial charge in [-0.1, -0.05) is 72.8 Å². The molecule has 0 aliphatic heterocycles. The van der Waals surface area contributed by atoms with Crippen LogP contribution in [0.25, 0.3) is 0 Å².